The highest BCUT2D eigenvalue weighted by atomic mass is 16.6. The Morgan fingerprint density at radius 3 is 1.84 bits per heavy atom. The molecule has 0 saturated carbocycles. The third-order valence-corrected chi connectivity index (χ3v) is 2.50. The molecule has 4 nitrogen and oxygen atoms in total. The number of hydrogen-bond donors (Lipinski definition) is 0. The predicted molar refractivity (Wildman–Crippen MR) is 71.7 cm³/mol. The normalized spacial score (nSPS) is 10.3. The van der Waals surface area contributed by atoms with Crippen molar-refractivity contribution in [3.05, 3.63) is 35.9 Å². The van der Waals surface area contributed by atoms with E-state index in [0.717, 1.165) is 12.8 Å². The summed E-state index contributed by atoms with van der Waals surface area (Å²) >= 11 is 0. The zero-order valence-corrected chi connectivity index (χ0v) is 11.4. The number of benzene rings is 1. The second-order valence-electron chi connectivity index (χ2n) is 4.18. The van der Waals surface area contributed by atoms with Crippen molar-refractivity contribution in [3.63, 3.8) is 0 Å². The summed E-state index contributed by atoms with van der Waals surface area (Å²) in [6.45, 7) is 4.42. The molecule has 0 aliphatic heterocycles. The van der Waals surface area contributed by atoms with Gasteiger partial charge in [-0.2, -0.15) is 0 Å². The Morgan fingerprint density at radius 2 is 1.42 bits per heavy atom. The molecule has 0 heterocycles. The monoisotopic (exact) mass is 264 g/mol. The third-order valence-electron chi connectivity index (χ3n) is 2.50. The Labute approximate surface area is 113 Å². The lowest BCUT2D eigenvalue weighted by Gasteiger charge is -2.15. The van der Waals surface area contributed by atoms with Crippen molar-refractivity contribution in [2.24, 2.45) is 0 Å². The Kier molecular flexibility index (Phi) is 6.64. The first-order chi connectivity index (χ1) is 9.20. The first-order valence-electron chi connectivity index (χ1n) is 6.58. The van der Waals surface area contributed by atoms with Crippen molar-refractivity contribution < 1.29 is 19.1 Å². The van der Waals surface area contributed by atoms with Gasteiger partial charge in [0, 0.05) is 0 Å². The van der Waals surface area contributed by atoms with Crippen LogP contribution >= 0.6 is 0 Å². The highest BCUT2D eigenvalue weighted by Crippen LogP contribution is 2.19. The fraction of sp³-hybridized carbons (Fsp3) is 0.467. The van der Waals surface area contributed by atoms with Crippen LogP contribution in [-0.4, -0.2) is 25.2 Å². The lowest BCUT2D eigenvalue weighted by Crippen LogP contribution is -2.26. The fourth-order valence-corrected chi connectivity index (χ4v) is 1.59. The largest absolute Gasteiger partial charge is 0.465 e. The number of carbonyl (C=O) groups is 2. The molecule has 0 N–H and O–H groups in total. The summed E-state index contributed by atoms with van der Waals surface area (Å²) < 4.78 is 10.1. The van der Waals surface area contributed by atoms with Gasteiger partial charge in [-0.3, -0.25) is 9.59 Å². The topological polar surface area (TPSA) is 52.6 Å². The maximum Gasteiger partial charge on any atom is 0.324 e. The zero-order chi connectivity index (χ0) is 14.1. The van der Waals surface area contributed by atoms with Crippen molar-refractivity contribution in [2.75, 3.05) is 13.2 Å². The molecule has 19 heavy (non-hydrogen) atoms. The molecule has 0 amide bonds. The molecule has 0 aliphatic rings. The van der Waals surface area contributed by atoms with Crippen LogP contribution in [0.2, 0.25) is 0 Å². The summed E-state index contributed by atoms with van der Waals surface area (Å²) in [6.07, 6.45) is 1.44. The smallest absolute Gasteiger partial charge is 0.324 e. The molecule has 0 bridgehead atoms. The molecule has 1 aromatic rings. The second kappa shape index (κ2) is 8.29. The zero-order valence-electron chi connectivity index (χ0n) is 11.4. The Balaban J connectivity index is 2.84. The van der Waals surface area contributed by atoms with Crippen molar-refractivity contribution in [1.29, 1.82) is 0 Å². The van der Waals surface area contributed by atoms with Gasteiger partial charge in [-0.1, -0.05) is 44.2 Å². The van der Waals surface area contributed by atoms with E-state index in [2.05, 4.69) is 0 Å². The van der Waals surface area contributed by atoms with Gasteiger partial charge in [0.15, 0.2) is 5.92 Å². The van der Waals surface area contributed by atoms with Crippen LogP contribution < -0.4 is 0 Å². The summed E-state index contributed by atoms with van der Waals surface area (Å²) in [6, 6.07) is 8.84. The van der Waals surface area contributed by atoms with Crippen LogP contribution in [-0.2, 0) is 19.1 Å². The summed E-state index contributed by atoms with van der Waals surface area (Å²) in [7, 11) is 0. The Hall–Kier alpha value is -1.84. The number of ether oxygens (including phenoxy) is 2. The summed E-state index contributed by atoms with van der Waals surface area (Å²) in [5, 5.41) is 0. The van der Waals surface area contributed by atoms with E-state index in [1.807, 2.05) is 19.9 Å². The van der Waals surface area contributed by atoms with E-state index < -0.39 is 17.9 Å². The molecule has 4 heteroatoms. The first kappa shape index (κ1) is 15.2. The average Bonchev–Trinajstić information content (AvgIpc) is 2.44. The van der Waals surface area contributed by atoms with E-state index in [1.165, 1.54) is 0 Å². The lowest BCUT2D eigenvalue weighted by atomic mass is 9.99. The molecule has 0 unspecified atom stereocenters. The molecule has 0 saturated heterocycles. The highest BCUT2D eigenvalue weighted by molar-refractivity contribution is 6.00. The average molecular weight is 264 g/mol. The van der Waals surface area contributed by atoms with Gasteiger partial charge in [-0.05, 0) is 18.4 Å². The molecular formula is C15H20O4. The van der Waals surface area contributed by atoms with Crippen molar-refractivity contribution in [3.8, 4) is 0 Å². The minimum atomic E-state index is -0.987. The SMILES string of the molecule is CCCOC(=O)C(C(=O)OCCC)c1ccccc1. The van der Waals surface area contributed by atoms with Gasteiger partial charge in [0.25, 0.3) is 0 Å². The standard InChI is InChI=1S/C15H20O4/c1-3-10-18-14(16)13(15(17)19-11-4-2)12-8-6-5-7-9-12/h5-9,13H,3-4,10-11H2,1-2H3. The second-order valence-corrected chi connectivity index (χ2v) is 4.18. The molecule has 0 atom stereocenters. The molecule has 1 rings (SSSR count). The first-order valence-corrected chi connectivity index (χ1v) is 6.58. The summed E-state index contributed by atoms with van der Waals surface area (Å²) in [5.74, 6) is -2.08. The molecule has 1 aromatic carbocycles. The van der Waals surface area contributed by atoms with Crippen LogP contribution in [0.5, 0.6) is 0 Å². The van der Waals surface area contributed by atoms with Crippen molar-refractivity contribution >= 4 is 11.9 Å². The van der Waals surface area contributed by atoms with E-state index in [0.29, 0.717) is 18.8 Å². The van der Waals surface area contributed by atoms with Gasteiger partial charge in [0.2, 0.25) is 0 Å². The van der Waals surface area contributed by atoms with E-state index in [1.54, 1.807) is 24.3 Å². The molecule has 0 radical (unpaired) electrons. The van der Waals surface area contributed by atoms with Gasteiger partial charge in [-0.15, -0.1) is 0 Å². The fourth-order valence-electron chi connectivity index (χ4n) is 1.59. The minimum absolute atomic E-state index is 0.309. The number of esters is 2. The van der Waals surface area contributed by atoms with Gasteiger partial charge in [0.1, 0.15) is 0 Å². The van der Waals surface area contributed by atoms with Crippen LogP contribution in [0.4, 0.5) is 0 Å². The van der Waals surface area contributed by atoms with Crippen LogP contribution in [0.25, 0.3) is 0 Å². The van der Waals surface area contributed by atoms with Gasteiger partial charge < -0.3 is 9.47 Å². The third kappa shape index (κ3) is 4.73. The van der Waals surface area contributed by atoms with Crippen LogP contribution in [0.3, 0.4) is 0 Å². The number of carbonyl (C=O) groups excluding carboxylic acids is 2. The maximum absolute atomic E-state index is 12.0. The summed E-state index contributed by atoms with van der Waals surface area (Å²) in [4.78, 5) is 24.0. The lowest BCUT2D eigenvalue weighted by molar-refractivity contribution is -0.157. The Morgan fingerprint density at radius 1 is 0.947 bits per heavy atom. The van der Waals surface area contributed by atoms with Gasteiger partial charge in [0.05, 0.1) is 13.2 Å². The van der Waals surface area contributed by atoms with Gasteiger partial charge in [-0.25, -0.2) is 0 Å². The van der Waals surface area contributed by atoms with Crippen molar-refractivity contribution in [2.45, 2.75) is 32.6 Å². The molecule has 0 aliphatic carbocycles. The van der Waals surface area contributed by atoms with E-state index >= 15 is 0 Å². The minimum Gasteiger partial charge on any atom is -0.465 e. The van der Waals surface area contributed by atoms with E-state index in [9.17, 15) is 9.59 Å². The quantitative estimate of drug-likeness (QED) is 0.561. The van der Waals surface area contributed by atoms with Crippen LogP contribution in [0, 0.1) is 0 Å². The van der Waals surface area contributed by atoms with E-state index in [-0.39, 0.29) is 0 Å². The summed E-state index contributed by atoms with van der Waals surface area (Å²) in [5.41, 5.74) is 0.602. The molecule has 0 fully saturated rings. The molecular weight excluding hydrogens is 244 g/mol. The highest BCUT2D eigenvalue weighted by Gasteiger charge is 2.31. The molecule has 104 valence electrons. The van der Waals surface area contributed by atoms with Crippen LogP contribution in [0.15, 0.2) is 30.3 Å². The van der Waals surface area contributed by atoms with Gasteiger partial charge >= 0.3 is 11.9 Å². The van der Waals surface area contributed by atoms with Crippen LogP contribution in [0.1, 0.15) is 38.2 Å². The molecule has 0 spiro atoms. The number of hydrogen-bond acceptors (Lipinski definition) is 4. The van der Waals surface area contributed by atoms with E-state index in [4.69, 9.17) is 9.47 Å². The maximum atomic E-state index is 12.0. The Bertz CT molecular complexity index is 380. The predicted octanol–water partition coefficient (Wildman–Crippen LogP) is 2.68. The number of rotatable bonds is 7. The molecule has 0 aromatic heterocycles. The van der Waals surface area contributed by atoms with Crippen molar-refractivity contribution in [1.82, 2.24) is 0 Å².